The summed E-state index contributed by atoms with van der Waals surface area (Å²) in [6.07, 6.45) is 9.28. The fourth-order valence-corrected chi connectivity index (χ4v) is 4.55. The van der Waals surface area contributed by atoms with Crippen LogP contribution >= 0.6 is 0 Å². The van der Waals surface area contributed by atoms with E-state index >= 15 is 0 Å². The molecule has 4 rings (SSSR count). The van der Waals surface area contributed by atoms with E-state index < -0.39 is 5.60 Å². The van der Waals surface area contributed by atoms with Crippen LogP contribution in [0.3, 0.4) is 0 Å². The van der Waals surface area contributed by atoms with Gasteiger partial charge in [0.15, 0.2) is 0 Å². The molecule has 3 fully saturated rings. The lowest BCUT2D eigenvalue weighted by Crippen LogP contribution is -2.62. The van der Waals surface area contributed by atoms with Gasteiger partial charge in [0.1, 0.15) is 5.69 Å². The normalized spacial score (nSPS) is 25.5. The van der Waals surface area contributed by atoms with Crippen molar-refractivity contribution in [3.8, 4) is 0 Å². The highest BCUT2D eigenvalue weighted by atomic mass is 16.3. The highest BCUT2D eigenvalue weighted by molar-refractivity contribution is 5.93. The lowest BCUT2D eigenvalue weighted by molar-refractivity contribution is -0.131. The molecule has 0 aromatic carbocycles. The molecule has 1 aliphatic heterocycles. The largest absolute Gasteiger partial charge is 0.389 e. The van der Waals surface area contributed by atoms with Gasteiger partial charge in [-0.3, -0.25) is 14.6 Å². The minimum atomic E-state index is -0.817. The van der Waals surface area contributed by atoms with E-state index in [1.807, 2.05) is 11.8 Å². The Balaban J connectivity index is 1.46. The van der Waals surface area contributed by atoms with Crippen molar-refractivity contribution in [3.05, 3.63) is 23.8 Å². The van der Waals surface area contributed by atoms with Gasteiger partial charge in [-0.2, -0.15) is 0 Å². The zero-order valence-electron chi connectivity index (χ0n) is 15.2. The Bertz CT molecular complexity index is 710. The van der Waals surface area contributed by atoms with Crippen LogP contribution in [0.25, 0.3) is 0 Å². The SMILES string of the molecule is Cc1cnc(C(=O)N2CCC(NC(=O)CC3(O)CCC3)C23CCC3)cn1. The lowest BCUT2D eigenvalue weighted by atomic mass is 9.71. The molecule has 2 aliphatic carbocycles. The molecular formula is C19H26N4O3. The number of likely N-dealkylation sites (tertiary alicyclic amines) is 1. The first-order valence-electron chi connectivity index (χ1n) is 9.54. The van der Waals surface area contributed by atoms with E-state index in [-0.39, 0.29) is 29.8 Å². The van der Waals surface area contributed by atoms with Crippen LogP contribution in [-0.2, 0) is 4.79 Å². The molecule has 0 bridgehead atoms. The molecule has 1 atom stereocenters. The van der Waals surface area contributed by atoms with E-state index in [4.69, 9.17) is 0 Å². The molecule has 1 saturated heterocycles. The summed E-state index contributed by atoms with van der Waals surface area (Å²) in [5, 5.41) is 13.3. The van der Waals surface area contributed by atoms with Gasteiger partial charge in [0.25, 0.3) is 5.91 Å². The number of hydrogen-bond donors (Lipinski definition) is 2. The average molecular weight is 358 g/mol. The molecule has 1 aromatic heterocycles. The average Bonchev–Trinajstić information content (AvgIpc) is 2.92. The number of carbonyl (C=O) groups excluding carboxylic acids is 2. The summed E-state index contributed by atoms with van der Waals surface area (Å²) in [6, 6.07) is -0.0465. The van der Waals surface area contributed by atoms with E-state index in [9.17, 15) is 14.7 Å². The van der Waals surface area contributed by atoms with Gasteiger partial charge < -0.3 is 15.3 Å². The van der Waals surface area contributed by atoms with Crippen LogP contribution in [0.1, 0.15) is 67.5 Å². The fraction of sp³-hybridized carbons (Fsp3) is 0.684. The van der Waals surface area contributed by atoms with Gasteiger partial charge in [-0.25, -0.2) is 4.98 Å². The molecule has 7 nitrogen and oxygen atoms in total. The minimum Gasteiger partial charge on any atom is -0.389 e. The first kappa shape index (κ1) is 17.4. The Kier molecular flexibility index (Phi) is 4.22. The maximum absolute atomic E-state index is 13.0. The van der Waals surface area contributed by atoms with Gasteiger partial charge in [0.05, 0.1) is 35.5 Å². The zero-order valence-corrected chi connectivity index (χ0v) is 15.2. The van der Waals surface area contributed by atoms with Crippen LogP contribution < -0.4 is 5.32 Å². The maximum Gasteiger partial charge on any atom is 0.274 e. The third-order valence-electron chi connectivity index (χ3n) is 6.40. The Morgan fingerprint density at radius 3 is 2.50 bits per heavy atom. The number of amides is 2. The zero-order chi connectivity index (χ0) is 18.4. The monoisotopic (exact) mass is 358 g/mol. The van der Waals surface area contributed by atoms with Crippen molar-refractivity contribution < 1.29 is 14.7 Å². The summed E-state index contributed by atoms with van der Waals surface area (Å²) in [6.45, 7) is 2.45. The molecule has 1 spiro atoms. The number of hydrogen-bond acceptors (Lipinski definition) is 5. The van der Waals surface area contributed by atoms with Crippen molar-refractivity contribution >= 4 is 11.8 Å². The predicted molar refractivity (Wildman–Crippen MR) is 94.4 cm³/mol. The first-order valence-corrected chi connectivity index (χ1v) is 9.54. The van der Waals surface area contributed by atoms with E-state index in [1.54, 1.807) is 6.20 Å². The highest BCUT2D eigenvalue weighted by Crippen LogP contribution is 2.46. The molecular weight excluding hydrogens is 332 g/mol. The van der Waals surface area contributed by atoms with Crippen LogP contribution in [0, 0.1) is 6.92 Å². The summed E-state index contributed by atoms with van der Waals surface area (Å²) in [5.74, 6) is -0.209. The molecule has 0 radical (unpaired) electrons. The molecule has 7 heteroatoms. The highest BCUT2D eigenvalue weighted by Gasteiger charge is 2.55. The van der Waals surface area contributed by atoms with Crippen molar-refractivity contribution in [2.45, 2.75) is 75.5 Å². The van der Waals surface area contributed by atoms with Crippen molar-refractivity contribution in [1.82, 2.24) is 20.2 Å². The standard InChI is InChI=1S/C19H26N4O3/c1-13-11-21-14(12-20-13)17(25)23-9-4-15(19(23)7-3-8-19)22-16(24)10-18(26)5-2-6-18/h11-12,15,26H,2-10H2,1H3,(H,22,24). The van der Waals surface area contributed by atoms with Gasteiger partial charge in [0, 0.05) is 12.7 Å². The van der Waals surface area contributed by atoms with Crippen LogP contribution in [-0.4, -0.2) is 55.5 Å². The second-order valence-corrected chi connectivity index (χ2v) is 8.12. The number of nitrogens with zero attached hydrogens (tertiary/aromatic N) is 3. The molecule has 26 heavy (non-hydrogen) atoms. The maximum atomic E-state index is 13.0. The second kappa shape index (κ2) is 6.30. The summed E-state index contributed by atoms with van der Waals surface area (Å²) < 4.78 is 0. The third kappa shape index (κ3) is 2.88. The summed E-state index contributed by atoms with van der Waals surface area (Å²) in [7, 11) is 0. The number of aromatic nitrogens is 2. The number of aliphatic hydroxyl groups is 1. The van der Waals surface area contributed by atoms with Crippen molar-refractivity contribution in [2.24, 2.45) is 0 Å². The van der Waals surface area contributed by atoms with Crippen molar-refractivity contribution in [1.29, 1.82) is 0 Å². The van der Waals surface area contributed by atoms with Gasteiger partial charge >= 0.3 is 0 Å². The topological polar surface area (TPSA) is 95.4 Å². The molecule has 1 aromatic rings. The molecule has 3 aliphatic rings. The second-order valence-electron chi connectivity index (χ2n) is 8.12. The lowest BCUT2D eigenvalue weighted by Gasteiger charge is -2.49. The van der Waals surface area contributed by atoms with Crippen LogP contribution in [0.2, 0.25) is 0 Å². The Labute approximate surface area is 153 Å². The van der Waals surface area contributed by atoms with Crippen LogP contribution in [0.15, 0.2) is 12.4 Å². The van der Waals surface area contributed by atoms with Crippen molar-refractivity contribution in [2.75, 3.05) is 6.54 Å². The summed E-state index contributed by atoms with van der Waals surface area (Å²) in [5.41, 5.74) is 0.0160. The van der Waals surface area contributed by atoms with Crippen molar-refractivity contribution in [3.63, 3.8) is 0 Å². The van der Waals surface area contributed by atoms with Crippen LogP contribution in [0.4, 0.5) is 0 Å². The molecule has 2 amide bonds. The Hall–Kier alpha value is -2.02. The first-order chi connectivity index (χ1) is 12.4. The van der Waals surface area contributed by atoms with Gasteiger partial charge in [-0.1, -0.05) is 0 Å². The smallest absolute Gasteiger partial charge is 0.274 e. The van der Waals surface area contributed by atoms with Crippen LogP contribution in [0.5, 0.6) is 0 Å². The number of rotatable bonds is 4. The predicted octanol–water partition coefficient (Wildman–Crippen LogP) is 1.34. The van der Waals surface area contributed by atoms with E-state index in [2.05, 4.69) is 15.3 Å². The summed E-state index contributed by atoms with van der Waals surface area (Å²) >= 11 is 0. The van der Waals surface area contributed by atoms with E-state index in [1.165, 1.54) is 6.20 Å². The molecule has 2 saturated carbocycles. The van der Waals surface area contributed by atoms with E-state index in [0.717, 1.165) is 37.8 Å². The summed E-state index contributed by atoms with van der Waals surface area (Å²) in [4.78, 5) is 35.7. The van der Waals surface area contributed by atoms with E-state index in [0.29, 0.717) is 25.1 Å². The van der Waals surface area contributed by atoms with Gasteiger partial charge in [-0.15, -0.1) is 0 Å². The van der Waals surface area contributed by atoms with Gasteiger partial charge in [0.2, 0.25) is 5.91 Å². The Morgan fingerprint density at radius 2 is 1.96 bits per heavy atom. The molecule has 2 heterocycles. The number of nitrogens with one attached hydrogen (secondary N) is 1. The number of carbonyl (C=O) groups is 2. The molecule has 2 N–H and O–H groups in total. The van der Waals surface area contributed by atoms with Gasteiger partial charge in [-0.05, 0) is 51.9 Å². The quantitative estimate of drug-likeness (QED) is 0.847. The third-order valence-corrected chi connectivity index (χ3v) is 6.40. The minimum absolute atomic E-state index is 0.0465. The molecule has 1 unspecified atom stereocenters. The Morgan fingerprint density at radius 1 is 1.23 bits per heavy atom. The number of aryl methyl sites for hydroxylation is 1. The fourth-order valence-electron chi connectivity index (χ4n) is 4.55. The molecule has 140 valence electrons.